The van der Waals surface area contributed by atoms with Crippen LogP contribution in [0.5, 0.6) is 11.6 Å². The molecule has 0 unspecified atom stereocenters. The molecule has 0 spiro atoms. The molecule has 0 aliphatic rings. The topological polar surface area (TPSA) is 76.2 Å². The van der Waals surface area contributed by atoms with Crippen LogP contribution in [-0.2, 0) is 11.3 Å². The highest BCUT2D eigenvalue weighted by molar-refractivity contribution is 5.96. The quantitative estimate of drug-likeness (QED) is 0.492. The van der Waals surface area contributed by atoms with E-state index in [1.54, 1.807) is 7.11 Å². The minimum Gasteiger partial charge on any atom is -0.497 e. The van der Waals surface area contributed by atoms with Crippen LogP contribution in [0.1, 0.15) is 52.4 Å². The molecular weight excluding hydrogens is 318 g/mol. The summed E-state index contributed by atoms with van der Waals surface area (Å²) in [5.74, 6) is 0.456. The lowest BCUT2D eigenvalue weighted by molar-refractivity contribution is -0.118. The number of hydrogen-bond donors (Lipinski definition) is 1. The standard InChI is InChI=1S/C19H27N3O3/c1-4-6-8-9-17(23)20-21-18-15-13-14(25-3)10-11-16(15)22(19(18)24)12-7-5-2/h10-11,13,24H,4-9,12H2,1-3H3. The maximum Gasteiger partial charge on any atom is 0.264 e. The van der Waals surface area contributed by atoms with Crippen LogP contribution >= 0.6 is 0 Å². The maximum absolute atomic E-state index is 11.9. The Bertz CT molecular complexity index is 750. The molecule has 6 nitrogen and oxygen atoms in total. The molecule has 2 aromatic rings. The Hall–Kier alpha value is -2.37. The van der Waals surface area contributed by atoms with Gasteiger partial charge in [0.15, 0.2) is 5.69 Å². The molecule has 1 amide bonds. The number of aromatic hydroxyl groups is 1. The minimum absolute atomic E-state index is 0.0433. The monoisotopic (exact) mass is 345 g/mol. The van der Waals surface area contributed by atoms with Crippen molar-refractivity contribution >= 4 is 22.5 Å². The average molecular weight is 345 g/mol. The number of amides is 1. The van der Waals surface area contributed by atoms with Gasteiger partial charge in [-0.1, -0.05) is 33.1 Å². The van der Waals surface area contributed by atoms with Crippen molar-refractivity contribution in [3.8, 4) is 11.6 Å². The fourth-order valence-electron chi connectivity index (χ4n) is 2.75. The number of fused-ring (bicyclic) bond motifs is 1. The number of rotatable bonds is 9. The lowest BCUT2D eigenvalue weighted by atomic mass is 10.2. The number of hydrogen-bond acceptors (Lipinski definition) is 4. The van der Waals surface area contributed by atoms with E-state index in [9.17, 15) is 9.90 Å². The first-order valence-electron chi connectivity index (χ1n) is 8.96. The smallest absolute Gasteiger partial charge is 0.264 e. The number of methoxy groups -OCH3 is 1. The molecule has 0 radical (unpaired) electrons. The molecule has 0 fully saturated rings. The zero-order valence-electron chi connectivity index (χ0n) is 15.3. The van der Waals surface area contributed by atoms with E-state index >= 15 is 0 Å². The van der Waals surface area contributed by atoms with Crippen molar-refractivity contribution in [2.75, 3.05) is 7.11 Å². The Labute approximate surface area is 148 Å². The van der Waals surface area contributed by atoms with Crippen LogP contribution in [-0.4, -0.2) is 22.7 Å². The summed E-state index contributed by atoms with van der Waals surface area (Å²) < 4.78 is 7.08. The molecule has 0 aliphatic carbocycles. The Balaban J connectivity index is 2.36. The number of unbranched alkanes of at least 4 members (excludes halogenated alkanes) is 3. The molecule has 6 heteroatoms. The predicted octanol–water partition coefficient (Wildman–Crippen LogP) is 5.35. The van der Waals surface area contributed by atoms with E-state index < -0.39 is 0 Å². The van der Waals surface area contributed by atoms with E-state index in [4.69, 9.17) is 4.74 Å². The molecule has 1 heterocycles. The normalized spacial score (nSPS) is 11.5. The molecule has 0 bridgehead atoms. The Morgan fingerprint density at radius 2 is 1.96 bits per heavy atom. The number of carbonyl (C=O) groups excluding carboxylic acids is 1. The second-order valence-electron chi connectivity index (χ2n) is 6.11. The first-order valence-corrected chi connectivity index (χ1v) is 8.96. The van der Waals surface area contributed by atoms with E-state index in [0.717, 1.165) is 43.0 Å². The number of benzene rings is 1. The predicted molar refractivity (Wildman–Crippen MR) is 98.7 cm³/mol. The van der Waals surface area contributed by atoms with Gasteiger partial charge in [-0.2, -0.15) is 0 Å². The Morgan fingerprint density at radius 1 is 1.20 bits per heavy atom. The van der Waals surface area contributed by atoms with Gasteiger partial charge in [0.25, 0.3) is 5.91 Å². The highest BCUT2D eigenvalue weighted by Gasteiger charge is 2.17. The summed E-state index contributed by atoms with van der Waals surface area (Å²) in [7, 11) is 1.59. The van der Waals surface area contributed by atoms with E-state index in [1.165, 1.54) is 0 Å². The fourth-order valence-corrected chi connectivity index (χ4v) is 2.75. The molecule has 1 aromatic heterocycles. The van der Waals surface area contributed by atoms with E-state index in [1.807, 2.05) is 22.8 Å². The second kappa shape index (κ2) is 9.20. The highest BCUT2D eigenvalue weighted by atomic mass is 16.5. The fraction of sp³-hybridized carbons (Fsp3) is 0.526. The van der Waals surface area contributed by atoms with Crippen LogP contribution in [0.4, 0.5) is 5.69 Å². The van der Waals surface area contributed by atoms with Gasteiger partial charge in [0, 0.05) is 18.4 Å². The number of ether oxygens (including phenoxy) is 1. The van der Waals surface area contributed by atoms with E-state index in [2.05, 4.69) is 24.1 Å². The molecule has 0 aliphatic heterocycles. The number of carbonyl (C=O) groups is 1. The van der Waals surface area contributed by atoms with Gasteiger partial charge in [-0.25, -0.2) is 0 Å². The summed E-state index contributed by atoms with van der Waals surface area (Å²) in [6.07, 6.45) is 5.20. The molecule has 0 saturated heterocycles. The molecule has 1 aromatic carbocycles. The second-order valence-corrected chi connectivity index (χ2v) is 6.11. The van der Waals surface area contributed by atoms with Crippen molar-refractivity contribution in [2.24, 2.45) is 10.2 Å². The third-order valence-electron chi connectivity index (χ3n) is 4.21. The first kappa shape index (κ1) is 19.0. The van der Waals surface area contributed by atoms with Crippen molar-refractivity contribution < 1.29 is 14.6 Å². The maximum atomic E-state index is 11.9. The summed E-state index contributed by atoms with van der Waals surface area (Å²) in [4.78, 5) is 11.9. The highest BCUT2D eigenvalue weighted by Crippen LogP contribution is 2.40. The van der Waals surface area contributed by atoms with Crippen LogP contribution < -0.4 is 4.74 Å². The van der Waals surface area contributed by atoms with Gasteiger partial charge in [0.1, 0.15) is 5.75 Å². The van der Waals surface area contributed by atoms with Gasteiger partial charge in [0.05, 0.1) is 12.6 Å². The summed E-state index contributed by atoms with van der Waals surface area (Å²) in [6.45, 7) is 4.87. The lowest BCUT2D eigenvalue weighted by Crippen LogP contribution is -1.96. The molecule has 136 valence electrons. The van der Waals surface area contributed by atoms with Crippen molar-refractivity contribution in [1.29, 1.82) is 0 Å². The number of aromatic nitrogens is 1. The van der Waals surface area contributed by atoms with Crippen molar-refractivity contribution in [3.63, 3.8) is 0 Å². The number of azo groups is 1. The van der Waals surface area contributed by atoms with Crippen LogP contribution in [0.2, 0.25) is 0 Å². The Morgan fingerprint density at radius 3 is 2.64 bits per heavy atom. The van der Waals surface area contributed by atoms with Crippen LogP contribution in [0.25, 0.3) is 10.9 Å². The largest absolute Gasteiger partial charge is 0.497 e. The molecule has 1 N–H and O–H groups in total. The average Bonchev–Trinajstić information content (AvgIpc) is 2.88. The minimum atomic E-state index is -0.259. The lowest BCUT2D eigenvalue weighted by Gasteiger charge is -2.05. The SMILES string of the molecule is CCCCCC(=O)N=Nc1c(O)n(CCCC)c2ccc(OC)cc12. The summed E-state index contributed by atoms with van der Waals surface area (Å²) in [6, 6.07) is 5.56. The van der Waals surface area contributed by atoms with Gasteiger partial charge in [-0.3, -0.25) is 4.79 Å². The van der Waals surface area contributed by atoms with Gasteiger partial charge in [-0.15, -0.1) is 10.2 Å². The third-order valence-corrected chi connectivity index (χ3v) is 4.21. The van der Waals surface area contributed by atoms with Gasteiger partial charge in [-0.05, 0) is 31.0 Å². The molecular formula is C19H27N3O3. The molecule has 0 saturated carbocycles. The van der Waals surface area contributed by atoms with Gasteiger partial charge >= 0.3 is 0 Å². The van der Waals surface area contributed by atoms with Crippen molar-refractivity contribution in [3.05, 3.63) is 18.2 Å². The van der Waals surface area contributed by atoms with Crippen LogP contribution in [0, 0.1) is 0 Å². The molecule has 0 atom stereocenters. The molecule has 2 rings (SSSR count). The van der Waals surface area contributed by atoms with E-state index in [0.29, 0.717) is 24.4 Å². The van der Waals surface area contributed by atoms with Gasteiger partial charge in [0.2, 0.25) is 5.88 Å². The first-order chi connectivity index (χ1) is 12.1. The van der Waals surface area contributed by atoms with Gasteiger partial charge < -0.3 is 14.4 Å². The zero-order chi connectivity index (χ0) is 18.2. The Kier molecular flexibility index (Phi) is 6.98. The number of nitrogens with zero attached hydrogens (tertiary/aromatic N) is 3. The summed E-state index contributed by atoms with van der Waals surface area (Å²) in [5, 5.41) is 19.2. The van der Waals surface area contributed by atoms with Crippen LogP contribution in [0.15, 0.2) is 28.4 Å². The molecule has 25 heavy (non-hydrogen) atoms. The summed E-state index contributed by atoms with van der Waals surface area (Å²) in [5.41, 5.74) is 1.19. The zero-order valence-corrected chi connectivity index (χ0v) is 15.3. The number of aryl methyl sites for hydroxylation is 1. The van der Waals surface area contributed by atoms with Crippen LogP contribution in [0.3, 0.4) is 0 Å². The van der Waals surface area contributed by atoms with Crippen molar-refractivity contribution in [2.45, 2.75) is 58.9 Å². The summed E-state index contributed by atoms with van der Waals surface area (Å²) >= 11 is 0. The third kappa shape index (κ3) is 4.59. The van der Waals surface area contributed by atoms with E-state index in [-0.39, 0.29) is 11.8 Å². The van der Waals surface area contributed by atoms with Crippen molar-refractivity contribution in [1.82, 2.24) is 4.57 Å².